The first-order chi connectivity index (χ1) is 10.1. The van der Waals surface area contributed by atoms with Gasteiger partial charge in [-0.2, -0.15) is 0 Å². The van der Waals surface area contributed by atoms with Crippen LogP contribution in [0.15, 0.2) is 24.5 Å². The molecule has 6 nitrogen and oxygen atoms in total. The zero-order valence-electron chi connectivity index (χ0n) is 12.7. The van der Waals surface area contributed by atoms with Gasteiger partial charge in [0, 0.05) is 59.1 Å². The van der Waals surface area contributed by atoms with Gasteiger partial charge in [0.15, 0.2) is 0 Å². The first kappa shape index (κ1) is 17.1. The molecule has 0 aliphatic carbocycles. The van der Waals surface area contributed by atoms with Crippen molar-refractivity contribution in [1.82, 2.24) is 15.2 Å². The minimum atomic E-state index is -0.0490. The average molecular weight is 293 g/mol. The van der Waals surface area contributed by atoms with Crippen molar-refractivity contribution in [3.8, 4) is 0 Å². The van der Waals surface area contributed by atoms with E-state index in [4.69, 9.17) is 4.74 Å². The Morgan fingerprint density at radius 1 is 1.33 bits per heavy atom. The topological polar surface area (TPSA) is 71.5 Å². The van der Waals surface area contributed by atoms with Crippen LogP contribution in [0.3, 0.4) is 0 Å². The zero-order chi connectivity index (χ0) is 15.5. The monoisotopic (exact) mass is 293 g/mol. The van der Waals surface area contributed by atoms with Crippen LogP contribution in [-0.2, 0) is 20.9 Å². The van der Waals surface area contributed by atoms with Gasteiger partial charge in [0.2, 0.25) is 11.8 Å². The number of pyridine rings is 1. The Bertz CT molecular complexity index is 437. The van der Waals surface area contributed by atoms with Crippen molar-refractivity contribution < 1.29 is 14.3 Å². The highest BCUT2D eigenvalue weighted by molar-refractivity contribution is 5.77. The number of aromatic nitrogens is 1. The Morgan fingerprint density at radius 2 is 2.05 bits per heavy atom. The maximum absolute atomic E-state index is 11.7. The molecule has 1 rings (SSSR count). The molecule has 1 N–H and O–H groups in total. The molecule has 6 heteroatoms. The highest BCUT2D eigenvalue weighted by Crippen LogP contribution is 2.04. The Morgan fingerprint density at radius 3 is 2.67 bits per heavy atom. The van der Waals surface area contributed by atoms with Crippen LogP contribution in [0.4, 0.5) is 0 Å². The Balaban J connectivity index is 2.34. The number of carbonyl (C=O) groups excluding carboxylic acids is 2. The lowest BCUT2D eigenvalue weighted by molar-refractivity contribution is -0.130. The Labute approximate surface area is 125 Å². The van der Waals surface area contributed by atoms with Gasteiger partial charge in [0.25, 0.3) is 0 Å². The summed E-state index contributed by atoms with van der Waals surface area (Å²) < 4.78 is 4.91. The first-order valence-corrected chi connectivity index (χ1v) is 7.03. The maximum atomic E-state index is 11.7. The molecule has 0 saturated heterocycles. The van der Waals surface area contributed by atoms with Gasteiger partial charge in [-0.15, -0.1) is 0 Å². The second kappa shape index (κ2) is 9.88. The van der Waals surface area contributed by atoms with E-state index in [1.807, 2.05) is 12.1 Å². The molecule has 0 fully saturated rings. The lowest BCUT2D eigenvalue weighted by Gasteiger charge is -2.20. The standard InChI is InChI=1S/C15H23N3O3/c1-13(19)18(12-14-4-8-16-9-5-14)10-6-15(20)17-7-3-11-21-2/h4-5,8-9H,3,6-7,10-12H2,1-2H3,(H,17,20). The highest BCUT2D eigenvalue weighted by atomic mass is 16.5. The van der Waals surface area contributed by atoms with E-state index >= 15 is 0 Å². The predicted octanol–water partition coefficient (Wildman–Crippen LogP) is 0.973. The van der Waals surface area contributed by atoms with Gasteiger partial charge in [0.1, 0.15) is 0 Å². The van der Waals surface area contributed by atoms with E-state index in [-0.39, 0.29) is 11.8 Å². The molecule has 0 aromatic carbocycles. The van der Waals surface area contributed by atoms with Gasteiger partial charge in [-0.05, 0) is 24.1 Å². The largest absolute Gasteiger partial charge is 0.385 e. The minimum absolute atomic E-state index is 0.0426. The molecule has 2 amide bonds. The fourth-order valence-electron chi connectivity index (χ4n) is 1.83. The van der Waals surface area contributed by atoms with E-state index < -0.39 is 0 Å². The minimum Gasteiger partial charge on any atom is -0.385 e. The van der Waals surface area contributed by atoms with E-state index in [1.54, 1.807) is 24.4 Å². The van der Waals surface area contributed by atoms with Gasteiger partial charge >= 0.3 is 0 Å². The second-order valence-electron chi connectivity index (χ2n) is 4.74. The van der Waals surface area contributed by atoms with Crippen molar-refractivity contribution in [3.63, 3.8) is 0 Å². The third-order valence-electron chi connectivity index (χ3n) is 3.02. The van der Waals surface area contributed by atoms with Crippen molar-refractivity contribution in [3.05, 3.63) is 30.1 Å². The summed E-state index contributed by atoms with van der Waals surface area (Å²) in [7, 11) is 1.63. The Hall–Kier alpha value is -1.95. The summed E-state index contributed by atoms with van der Waals surface area (Å²) in [5, 5.41) is 2.81. The lowest BCUT2D eigenvalue weighted by Crippen LogP contribution is -2.34. The van der Waals surface area contributed by atoms with Crippen molar-refractivity contribution in [2.24, 2.45) is 0 Å². The molecule has 0 radical (unpaired) electrons. The van der Waals surface area contributed by atoms with E-state index in [1.165, 1.54) is 6.92 Å². The van der Waals surface area contributed by atoms with Crippen LogP contribution in [0.5, 0.6) is 0 Å². The highest BCUT2D eigenvalue weighted by Gasteiger charge is 2.11. The molecule has 21 heavy (non-hydrogen) atoms. The number of hydrogen-bond donors (Lipinski definition) is 1. The predicted molar refractivity (Wildman–Crippen MR) is 79.4 cm³/mol. The number of rotatable bonds is 9. The number of methoxy groups -OCH3 is 1. The van der Waals surface area contributed by atoms with Gasteiger partial charge < -0.3 is 15.0 Å². The van der Waals surface area contributed by atoms with E-state index in [0.717, 1.165) is 12.0 Å². The van der Waals surface area contributed by atoms with E-state index in [2.05, 4.69) is 10.3 Å². The molecule has 0 aliphatic heterocycles. The van der Waals surface area contributed by atoms with E-state index in [9.17, 15) is 9.59 Å². The van der Waals surface area contributed by atoms with Crippen LogP contribution in [0.2, 0.25) is 0 Å². The molecule has 0 spiro atoms. The van der Waals surface area contributed by atoms with Gasteiger partial charge in [-0.25, -0.2) is 0 Å². The number of nitrogens with zero attached hydrogens (tertiary/aromatic N) is 2. The average Bonchev–Trinajstić information content (AvgIpc) is 2.48. The molecule has 1 aromatic rings. The number of ether oxygens (including phenoxy) is 1. The Kier molecular flexibility index (Phi) is 8.04. The lowest BCUT2D eigenvalue weighted by atomic mass is 10.2. The van der Waals surface area contributed by atoms with Crippen molar-refractivity contribution >= 4 is 11.8 Å². The first-order valence-electron chi connectivity index (χ1n) is 7.03. The zero-order valence-corrected chi connectivity index (χ0v) is 12.7. The van der Waals surface area contributed by atoms with Crippen molar-refractivity contribution in [2.75, 3.05) is 26.8 Å². The van der Waals surface area contributed by atoms with Crippen molar-refractivity contribution in [1.29, 1.82) is 0 Å². The summed E-state index contributed by atoms with van der Waals surface area (Å²) in [6.45, 7) is 3.64. The summed E-state index contributed by atoms with van der Waals surface area (Å²) >= 11 is 0. The van der Waals surface area contributed by atoms with Gasteiger partial charge in [-0.3, -0.25) is 14.6 Å². The third-order valence-corrected chi connectivity index (χ3v) is 3.02. The summed E-state index contributed by atoms with van der Waals surface area (Å²) in [6, 6.07) is 3.72. The molecule has 1 heterocycles. The molecule has 0 atom stereocenters. The fourth-order valence-corrected chi connectivity index (χ4v) is 1.83. The number of amides is 2. The number of hydrogen-bond acceptors (Lipinski definition) is 4. The van der Waals surface area contributed by atoms with Crippen LogP contribution < -0.4 is 5.32 Å². The van der Waals surface area contributed by atoms with Crippen LogP contribution in [0, 0.1) is 0 Å². The van der Waals surface area contributed by atoms with Crippen LogP contribution in [0.25, 0.3) is 0 Å². The van der Waals surface area contributed by atoms with Crippen molar-refractivity contribution in [2.45, 2.75) is 26.3 Å². The molecule has 0 unspecified atom stereocenters. The van der Waals surface area contributed by atoms with Gasteiger partial charge in [0.05, 0.1) is 0 Å². The summed E-state index contributed by atoms with van der Waals surface area (Å²) in [4.78, 5) is 28.9. The van der Waals surface area contributed by atoms with Gasteiger partial charge in [-0.1, -0.05) is 0 Å². The quantitative estimate of drug-likeness (QED) is 0.689. The molecule has 0 aliphatic rings. The SMILES string of the molecule is COCCCNC(=O)CCN(Cc1ccncc1)C(C)=O. The molecular formula is C15H23N3O3. The fraction of sp³-hybridized carbons (Fsp3) is 0.533. The molecular weight excluding hydrogens is 270 g/mol. The van der Waals surface area contributed by atoms with E-state index in [0.29, 0.717) is 32.7 Å². The molecule has 0 saturated carbocycles. The van der Waals surface area contributed by atoms with Crippen LogP contribution in [0.1, 0.15) is 25.3 Å². The maximum Gasteiger partial charge on any atom is 0.221 e. The molecule has 0 bridgehead atoms. The normalized spacial score (nSPS) is 10.2. The molecule has 116 valence electrons. The van der Waals surface area contributed by atoms with Crippen LogP contribution in [-0.4, -0.2) is 48.5 Å². The van der Waals surface area contributed by atoms with Crippen LogP contribution >= 0.6 is 0 Å². The number of nitrogens with one attached hydrogen (secondary N) is 1. The number of carbonyl (C=O) groups is 2. The molecule has 1 aromatic heterocycles. The second-order valence-corrected chi connectivity index (χ2v) is 4.74. The smallest absolute Gasteiger partial charge is 0.221 e. The summed E-state index contributed by atoms with van der Waals surface area (Å²) in [6.07, 6.45) is 4.47. The third kappa shape index (κ3) is 7.41. The summed E-state index contributed by atoms with van der Waals surface area (Å²) in [5.74, 6) is -0.0916. The summed E-state index contributed by atoms with van der Waals surface area (Å²) in [5.41, 5.74) is 1.00.